The van der Waals surface area contributed by atoms with Crippen LogP contribution in [0.15, 0.2) is 23.8 Å². The molecule has 4 unspecified atom stereocenters. The quantitative estimate of drug-likeness (QED) is 0.690. The van der Waals surface area contributed by atoms with E-state index in [0.29, 0.717) is 12.0 Å². The fraction of sp³-hybridized carbons (Fsp3) is 0.720. The molecule has 0 aromatic heterocycles. The molecule has 0 amide bonds. The zero-order valence-corrected chi connectivity index (χ0v) is 19.0. The summed E-state index contributed by atoms with van der Waals surface area (Å²) < 4.78 is 20.5. The Bertz CT molecular complexity index is 892. The molecular weight excluding hydrogens is 399 g/mol. The van der Waals surface area contributed by atoms with Gasteiger partial charge in [0.2, 0.25) is 0 Å². The van der Waals surface area contributed by atoms with E-state index < -0.39 is 34.5 Å². The van der Waals surface area contributed by atoms with Crippen molar-refractivity contribution in [2.75, 3.05) is 6.61 Å². The summed E-state index contributed by atoms with van der Waals surface area (Å²) in [6.07, 6.45) is 4.15. The molecule has 0 aliphatic heterocycles. The summed E-state index contributed by atoms with van der Waals surface area (Å²) in [6, 6.07) is 0. The first-order chi connectivity index (χ1) is 14.4. The Kier molecular flexibility index (Phi) is 5.12. The Morgan fingerprint density at radius 1 is 1.26 bits per heavy atom. The largest absolute Gasteiger partial charge is 0.458 e. The van der Waals surface area contributed by atoms with Gasteiger partial charge in [0, 0.05) is 23.7 Å². The predicted octanol–water partition coefficient (Wildman–Crippen LogP) is 3.60. The second kappa shape index (κ2) is 7.09. The fourth-order valence-corrected chi connectivity index (χ4v) is 7.80. The molecule has 3 fully saturated rings. The summed E-state index contributed by atoms with van der Waals surface area (Å²) in [6.45, 7) is 8.96. The van der Waals surface area contributed by atoms with Crippen LogP contribution in [-0.4, -0.2) is 41.5 Å². The van der Waals surface area contributed by atoms with Crippen LogP contribution in [-0.2, 0) is 19.1 Å². The van der Waals surface area contributed by atoms with Crippen LogP contribution in [0.2, 0.25) is 0 Å². The zero-order chi connectivity index (χ0) is 22.9. The molecule has 31 heavy (non-hydrogen) atoms. The highest BCUT2D eigenvalue weighted by Gasteiger charge is 2.69. The lowest BCUT2D eigenvalue weighted by Gasteiger charge is -2.60. The van der Waals surface area contributed by atoms with Gasteiger partial charge in [0.1, 0.15) is 6.17 Å². The Labute approximate surface area is 183 Å². The Morgan fingerprint density at radius 2 is 1.94 bits per heavy atom. The van der Waals surface area contributed by atoms with Gasteiger partial charge in [-0.3, -0.25) is 14.4 Å². The molecule has 9 atom stereocenters. The number of hydrogen-bond donors (Lipinski definition) is 1. The molecular formula is C25H33FO5. The molecule has 4 aliphatic carbocycles. The number of Topliss-reactive ketones (excluding diaryl/α,β-unsaturated/α-hetero) is 1. The zero-order valence-electron chi connectivity index (χ0n) is 19.0. The van der Waals surface area contributed by atoms with Crippen LogP contribution in [0.5, 0.6) is 0 Å². The van der Waals surface area contributed by atoms with Crippen molar-refractivity contribution in [3.8, 4) is 0 Å². The van der Waals surface area contributed by atoms with Crippen LogP contribution >= 0.6 is 0 Å². The van der Waals surface area contributed by atoms with Gasteiger partial charge in [-0.25, -0.2) is 4.39 Å². The van der Waals surface area contributed by atoms with Gasteiger partial charge in [-0.2, -0.15) is 0 Å². The molecule has 0 heterocycles. The van der Waals surface area contributed by atoms with E-state index >= 15 is 4.39 Å². The first kappa shape index (κ1) is 22.4. The highest BCUT2D eigenvalue weighted by Crippen LogP contribution is 2.71. The number of rotatable bonds is 3. The number of carbonyl (C=O) groups excluding carboxylic acids is 3. The van der Waals surface area contributed by atoms with Crippen molar-refractivity contribution >= 4 is 17.5 Å². The second-order valence-corrected chi connectivity index (χ2v) is 10.8. The minimum absolute atomic E-state index is 0.0165. The minimum atomic E-state index is -1.24. The number of halogens is 1. The van der Waals surface area contributed by atoms with E-state index in [4.69, 9.17) is 4.74 Å². The average molecular weight is 433 g/mol. The molecule has 5 nitrogen and oxygen atoms in total. The maximum Gasteiger partial charge on any atom is 0.303 e. The van der Waals surface area contributed by atoms with Gasteiger partial charge in [-0.05, 0) is 60.2 Å². The van der Waals surface area contributed by atoms with Gasteiger partial charge >= 0.3 is 5.97 Å². The topological polar surface area (TPSA) is 80.7 Å². The van der Waals surface area contributed by atoms with Crippen LogP contribution in [0.1, 0.15) is 53.9 Å². The smallest absolute Gasteiger partial charge is 0.303 e. The second-order valence-electron chi connectivity index (χ2n) is 10.8. The Balaban J connectivity index is 1.74. The Morgan fingerprint density at radius 3 is 2.58 bits per heavy atom. The number of ether oxygens (including phenoxy) is 1. The fourth-order valence-electron chi connectivity index (χ4n) is 7.80. The lowest BCUT2D eigenvalue weighted by molar-refractivity contribution is -0.165. The number of carbonyl (C=O) groups is 3. The molecule has 0 aromatic carbocycles. The Hall–Kier alpha value is -1.82. The number of hydrogen-bond acceptors (Lipinski definition) is 5. The molecule has 4 rings (SSSR count). The molecule has 4 aliphatic rings. The number of aliphatic hydroxyl groups excluding tert-OH is 1. The summed E-state index contributed by atoms with van der Waals surface area (Å²) >= 11 is 0. The molecule has 0 radical (unpaired) electrons. The summed E-state index contributed by atoms with van der Waals surface area (Å²) in [5.41, 5.74) is -1.54. The molecule has 6 heteroatoms. The monoisotopic (exact) mass is 432 g/mol. The summed E-state index contributed by atoms with van der Waals surface area (Å²) in [5, 5.41) is 11.4. The SMILES string of the molecule is CC(=O)OCC(=O)[C@@]1(C)[C@H](C)CC2C3C[C@H](F)C4=CC(=O)C=C[C@]4(C)C3C(O)C[C@@]21C. The van der Waals surface area contributed by atoms with Gasteiger partial charge in [-0.15, -0.1) is 0 Å². The number of alkyl halides is 1. The highest BCUT2D eigenvalue weighted by atomic mass is 19.1. The van der Waals surface area contributed by atoms with Crippen LogP contribution in [0.3, 0.4) is 0 Å². The van der Waals surface area contributed by atoms with Crippen LogP contribution in [0.25, 0.3) is 0 Å². The normalized spacial score (nSPS) is 48.4. The molecule has 0 bridgehead atoms. The first-order valence-corrected chi connectivity index (χ1v) is 11.3. The number of aliphatic hydroxyl groups is 1. The lowest BCUT2D eigenvalue weighted by atomic mass is 9.44. The van der Waals surface area contributed by atoms with Gasteiger partial charge in [0.05, 0.1) is 6.10 Å². The van der Waals surface area contributed by atoms with Gasteiger partial charge in [0.15, 0.2) is 18.2 Å². The molecule has 170 valence electrons. The van der Waals surface area contributed by atoms with E-state index in [1.807, 2.05) is 27.7 Å². The van der Waals surface area contributed by atoms with Crippen LogP contribution in [0, 0.1) is 39.9 Å². The van der Waals surface area contributed by atoms with E-state index in [0.717, 1.165) is 6.42 Å². The lowest BCUT2D eigenvalue weighted by Crippen LogP contribution is -2.60. The summed E-state index contributed by atoms with van der Waals surface area (Å²) in [7, 11) is 0. The van der Waals surface area contributed by atoms with E-state index in [1.165, 1.54) is 19.1 Å². The standard InChI is InChI=1S/C25H33FO5/c1-13-8-17-16-10-19(26)18-9-15(28)6-7-23(18,3)22(16)20(29)11-24(17,4)25(13,5)21(30)12-31-14(2)27/h6-7,9,13,16-17,19-20,22,29H,8,10-12H2,1-5H3/t13-,16?,17?,19+,20?,22?,23+,24+,25-/m1/s1. The molecule has 0 saturated heterocycles. The average Bonchev–Trinajstić information content (AvgIpc) is 2.88. The van der Waals surface area contributed by atoms with Gasteiger partial charge in [0.25, 0.3) is 0 Å². The summed E-state index contributed by atoms with van der Waals surface area (Å²) in [4.78, 5) is 36.5. The third-order valence-corrected chi connectivity index (χ3v) is 9.63. The van der Waals surface area contributed by atoms with E-state index in [-0.39, 0.29) is 48.3 Å². The van der Waals surface area contributed by atoms with Gasteiger partial charge in [-0.1, -0.05) is 33.8 Å². The van der Waals surface area contributed by atoms with Crippen molar-refractivity contribution in [3.05, 3.63) is 23.8 Å². The predicted molar refractivity (Wildman–Crippen MR) is 113 cm³/mol. The highest BCUT2D eigenvalue weighted by molar-refractivity contribution is 6.01. The van der Waals surface area contributed by atoms with Crippen molar-refractivity contribution in [1.82, 2.24) is 0 Å². The number of ketones is 2. The maximum atomic E-state index is 15.4. The first-order valence-electron chi connectivity index (χ1n) is 11.3. The van der Waals surface area contributed by atoms with E-state index in [1.54, 1.807) is 6.08 Å². The van der Waals surface area contributed by atoms with E-state index in [2.05, 4.69) is 0 Å². The number of allylic oxidation sites excluding steroid dienone is 4. The van der Waals surface area contributed by atoms with Crippen LogP contribution < -0.4 is 0 Å². The van der Waals surface area contributed by atoms with Crippen molar-refractivity contribution < 1.29 is 28.6 Å². The molecule has 0 spiro atoms. The van der Waals surface area contributed by atoms with Crippen molar-refractivity contribution in [2.24, 2.45) is 39.9 Å². The third kappa shape index (κ3) is 2.93. The third-order valence-electron chi connectivity index (χ3n) is 9.63. The number of fused-ring (bicyclic) bond motifs is 5. The van der Waals surface area contributed by atoms with Crippen molar-refractivity contribution in [3.63, 3.8) is 0 Å². The summed E-state index contributed by atoms with van der Waals surface area (Å²) in [5.74, 6) is -1.06. The molecule has 1 N–H and O–H groups in total. The molecule has 3 saturated carbocycles. The van der Waals surface area contributed by atoms with Crippen LogP contribution in [0.4, 0.5) is 4.39 Å². The molecule has 0 aromatic rings. The maximum absolute atomic E-state index is 15.4. The minimum Gasteiger partial charge on any atom is -0.458 e. The van der Waals surface area contributed by atoms with Crippen molar-refractivity contribution in [1.29, 1.82) is 0 Å². The number of esters is 1. The van der Waals surface area contributed by atoms with E-state index in [9.17, 15) is 19.5 Å². The van der Waals surface area contributed by atoms with Crippen molar-refractivity contribution in [2.45, 2.75) is 66.2 Å². The van der Waals surface area contributed by atoms with Gasteiger partial charge < -0.3 is 9.84 Å².